The van der Waals surface area contributed by atoms with Gasteiger partial charge in [-0.05, 0) is 30.6 Å². The Morgan fingerprint density at radius 3 is 2.35 bits per heavy atom. The van der Waals surface area contributed by atoms with E-state index in [-0.39, 0.29) is 11.4 Å². The van der Waals surface area contributed by atoms with Crippen molar-refractivity contribution in [1.82, 2.24) is 0 Å². The molecule has 0 saturated carbocycles. The Bertz CT molecular complexity index is 410. The van der Waals surface area contributed by atoms with Gasteiger partial charge in [0.05, 0.1) is 6.61 Å². The molecule has 4 heteroatoms. The predicted octanol–water partition coefficient (Wildman–Crippen LogP) is 3.39. The van der Waals surface area contributed by atoms with E-state index in [1.54, 1.807) is 0 Å². The minimum atomic E-state index is -1.09. The number of benzene rings is 1. The van der Waals surface area contributed by atoms with Crippen molar-refractivity contribution in [3.8, 4) is 5.75 Å². The van der Waals surface area contributed by atoms with Crippen LogP contribution in [0.4, 0.5) is 0 Å². The van der Waals surface area contributed by atoms with Crippen LogP contribution in [0.15, 0.2) is 24.3 Å². The van der Waals surface area contributed by atoms with Gasteiger partial charge in [0.1, 0.15) is 12.4 Å². The monoisotopic (exact) mass is 300 g/mol. The van der Waals surface area contributed by atoms with E-state index in [0.717, 1.165) is 11.3 Å². The van der Waals surface area contributed by atoms with Crippen molar-refractivity contribution in [2.75, 3.05) is 32.3 Å². The van der Waals surface area contributed by atoms with E-state index in [0.29, 0.717) is 19.6 Å². The van der Waals surface area contributed by atoms with Gasteiger partial charge in [-0.3, -0.25) is 0 Å². The lowest BCUT2D eigenvalue weighted by Gasteiger charge is -2.43. The average molecular weight is 300 g/mol. The summed E-state index contributed by atoms with van der Waals surface area (Å²) < 4.78 is 12.0. The summed E-state index contributed by atoms with van der Waals surface area (Å²) in [5, 5.41) is 9.04. The van der Waals surface area contributed by atoms with E-state index in [9.17, 15) is 0 Å². The summed E-state index contributed by atoms with van der Waals surface area (Å²) in [4.78, 5) is 0. The molecule has 20 heavy (non-hydrogen) atoms. The first kappa shape index (κ1) is 17.3. The second kappa shape index (κ2) is 7.34. The third kappa shape index (κ3) is 5.00. The molecule has 0 bridgehead atoms. The zero-order chi connectivity index (χ0) is 15.2. The van der Waals surface area contributed by atoms with Crippen molar-refractivity contribution >= 4 is 10.3 Å². The number of para-hydroxylation sites is 1. The van der Waals surface area contributed by atoms with Gasteiger partial charge in [-0.15, -0.1) is 10.3 Å². The van der Waals surface area contributed by atoms with Gasteiger partial charge in [0.25, 0.3) is 0 Å². The smallest absolute Gasteiger partial charge is 0.122 e. The highest BCUT2D eigenvalue weighted by Crippen LogP contribution is 2.53. The van der Waals surface area contributed by atoms with Crippen molar-refractivity contribution in [3.05, 3.63) is 29.8 Å². The van der Waals surface area contributed by atoms with Gasteiger partial charge in [0, 0.05) is 11.4 Å². The zero-order valence-corrected chi connectivity index (χ0v) is 14.1. The van der Waals surface area contributed by atoms with Gasteiger partial charge < -0.3 is 14.0 Å². The summed E-state index contributed by atoms with van der Waals surface area (Å²) in [5.41, 5.74) is 1.04. The van der Waals surface area contributed by atoms with Crippen LogP contribution >= 0.6 is 10.3 Å². The number of hydrogen-bond acceptors (Lipinski definition) is 3. The molecule has 0 heterocycles. The summed E-state index contributed by atoms with van der Waals surface area (Å²) in [6.07, 6.45) is 5.00. The number of hydrogen-bond donors (Lipinski definition) is 1. The second-order valence-electron chi connectivity index (χ2n) is 6.10. The third-order valence-electron chi connectivity index (χ3n) is 3.55. The highest BCUT2D eigenvalue weighted by molar-refractivity contribution is 8.29. The molecule has 0 radical (unpaired) electrons. The van der Waals surface area contributed by atoms with Crippen molar-refractivity contribution in [3.63, 3.8) is 0 Å². The molecule has 0 aliphatic heterocycles. The number of ether oxygens (including phenoxy) is 1. The summed E-state index contributed by atoms with van der Waals surface area (Å²) in [7, 11) is -1.09. The molecule has 0 aliphatic carbocycles. The number of rotatable bonds is 7. The first-order valence-electron chi connectivity index (χ1n) is 6.97. The van der Waals surface area contributed by atoms with Crippen LogP contribution in [0.25, 0.3) is 0 Å². The lowest BCUT2D eigenvalue weighted by atomic mass is 10.1. The Morgan fingerprint density at radius 2 is 1.75 bits per heavy atom. The second-order valence-corrected chi connectivity index (χ2v) is 10.0. The molecule has 0 unspecified atom stereocenters. The van der Waals surface area contributed by atoms with Gasteiger partial charge in [-0.1, -0.05) is 39.0 Å². The van der Waals surface area contributed by atoms with E-state index >= 15 is 0 Å². The van der Waals surface area contributed by atoms with Crippen molar-refractivity contribution in [1.29, 1.82) is 0 Å². The normalized spacial score (nSPS) is 13.3. The maximum atomic E-state index is 9.04. The van der Waals surface area contributed by atoms with Crippen LogP contribution in [0.2, 0.25) is 0 Å². The Kier molecular flexibility index (Phi) is 6.37. The van der Waals surface area contributed by atoms with Crippen LogP contribution in [0.5, 0.6) is 5.75 Å². The maximum Gasteiger partial charge on any atom is 0.122 e. The van der Waals surface area contributed by atoms with Crippen LogP contribution in [0, 0.1) is 0 Å². The topological polar surface area (TPSA) is 38.7 Å². The highest BCUT2D eigenvalue weighted by Gasteiger charge is 2.28. The molecule has 1 aromatic carbocycles. The summed E-state index contributed by atoms with van der Waals surface area (Å²) >= 11 is 0. The first-order chi connectivity index (χ1) is 9.28. The summed E-state index contributed by atoms with van der Waals surface area (Å²) in [6, 6.07) is 7.83. The van der Waals surface area contributed by atoms with E-state index < -0.39 is 10.3 Å². The molecule has 0 saturated heterocycles. The Morgan fingerprint density at radius 1 is 1.10 bits per heavy atom. The SMILES string of the molecule is CC(C)(C)S(C)(C)OCCOc1ccccc1CCO. The molecule has 1 N–H and O–H groups in total. The Labute approximate surface area is 124 Å². The fourth-order valence-electron chi connectivity index (χ4n) is 1.54. The first-order valence-corrected chi connectivity index (χ1v) is 9.34. The van der Waals surface area contributed by atoms with Gasteiger partial charge in [0.2, 0.25) is 0 Å². The average Bonchev–Trinajstić information content (AvgIpc) is 2.35. The van der Waals surface area contributed by atoms with Crippen LogP contribution < -0.4 is 4.74 Å². The molecule has 0 spiro atoms. The highest BCUT2D eigenvalue weighted by atomic mass is 32.3. The largest absolute Gasteiger partial charge is 0.491 e. The molecule has 0 atom stereocenters. The minimum absolute atomic E-state index is 0.137. The van der Waals surface area contributed by atoms with E-state index in [4.69, 9.17) is 14.0 Å². The Balaban J connectivity index is 2.46. The zero-order valence-electron chi connectivity index (χ0n) is 13.3. The summed E-state index contributed by atoms with van der Waals surface area (Å²) in [6.45, 7) is 7.89. The quantitative estimate of drug-likeness (QED) is 0.784. The van der Waals surface area contributed by atoms with Crippen LogP contribution in [-0.2, 0) is 10.6 Å². The van der Waals surface area contributed by atoms with Gasteiger partial charge >= 0.3 is 0 Å². The lowest BCUT2D eigenvalue weighted by Crippen LogP contribution is -2.26. The van der Waals surface area contributed by atoms with Crippen molar-refractivity contribution < 1.29 is 14.0 Å². The van der Waals surface area contributed by atoms with E-state index in [2.05, 4.69) is 33.3 Å². The van der Waals surface area contributed by atoms with Gasteiger partial charge in [0.15, 0.2) is 0 Å². The molecule has 1 aromatic rings. The van der Waals surface area contributed by atoms with Crippen molar-refractivity contribution in [2.24, 2.45) is 0 Å². The lowest BCUT2D eigenvalue weighted by molar-refractivity contribution is 0.227. The third-order valence-corrected chi connectivity index (χ3v) is 7.25. The number of aliphatic hydroxyl groups excluding tert-OH is 1. The van der Waals surface area contributed by atoms with Gasteiger partial charge in [-0.2, -0.15) is 0 Å². The fourth-order valence-corrected chi connectivity index (χ4v) is 2.38. The predicted molar refractivity (Wildman–Crippen MR) is 87.9 cm³/mol. The molecule has 0 aliphatic rings. The summed E-state index contributed by atoms with van der Waals surface area (Å²) in [5.74, 6) is 0.841. The van der Waals surface area contributed by atoms with E-state index in [1.165, 1.54) is 0 Å². The molecule has 0 amide bonds. The molecule has 0 aromatic heterocycles. The standard InChI is InChI=1S/C16H28O3S/c1-16(2,3)20(4,5)19-13-12-18-15-9-7-6-8-14(15)10-11-17/h6-9,17H,10-13H2,1-5H3. The van der Waals surface area contributed by atoms with Crippen LogP contribution in [0.1, 0.15) is 26.3 Å². The van der Waals surface area contributed by atoms with E-state index in [1.807, 2.05) is 24.3 Å². The number of aliphatic hydroxyl groups is 1. The minimum Gasteiger partial charge on any atom is -0.491 e. The molecule has 3 nitrogen and oxygen atoms in total. The van der Waals surface area contributed by atoms with Gasteiger partial charge in [-0.25, -0.2) is 0 Å². The van der Waals surface area contributed by atoms with Crippen LogP contribution in [0.3, 0.4) is 0 Å². The van der Waals surface area contributed by atoms with Crippen LogP contribution in [-0.4, -0.2) is 42.2 Å². The van der Waals surface area contributed by atoms with Crippen molar-refractivity contribution in [2.45, 2.75) is 31.9 Å². The molecule has 1 rings (SSSR count). The molecular weight excluding hydrogens is 272 g/mol. The fraction of sp³-hybridized carbons (Fsp3) is 0.625. The molecular formula is C16H28O3S. The Hall–Kier alpha value is -0.710. The molecule has 116 valence electrons. The maximum absolute atomic E-state index is 9.04. The molecule has 0 fully saturated rings.